The van der Waals surface area contributed by atoms with Crippen LogP contribution in [-0.4, -0.2) is 45.7 Å². The Morgan fingerprint density at radius 2 is 1.80 bits per heavy atom. The van der Waals surface area contributed by atoms with E-state index in [0.717, 1.165) is 44.9 Å². The number of carbonyl (C=O) groups is 2. The highest BCUT2D eigenvalue weighted by molar-refractivity contribution is 8.00. The molecule has 5 aromatic rings. The van der Waals surface area contributed by atoms with E-state index in [1.54, 1.807) is 11.1 Å². The highest BCUT2D eigenvalue weighted by Gasteiger charge is 2.38. The van der Waals surface area contributed by atoms with Crippen LogP contribution in [0.2, 0.25) is 0 Å². The van der Waals surface area contributed by atoms with E-state index in [4.69, 9.17) is 14.6 Å². The number of pyridine rings is 1. The van der Waals surface area contributed by atoms with Crippen molar-refractivity contribution in [2.75, 3.05) is 24.0 Å². The van der Waals surface area contributed by atoms with Crippen molar-refractivity contribution in [1.82, 2.24) is 20.1 Å². The third kappa shape index (κ3) is 5.53. The van der Waals surface area contributed by atoms with Crippen LogP contribution in [0.4, 0.5) is 5.82 Å². The number of nitrogens with one attached hydrogen (secondary N) is 1. The maximum atomic E-state index is 14.1. The third-order valence-electron chi connectivity index (χ3n) is 8.13. The van der Waals surface area contributed by atoms with Crippen molar-refractivity contribution in [1.29, 1.82) is 0 Å². The number of amides is 2. The summed E-state index contributed by atoms with van der Waals surface area (Å²) >= 11 is 1.52. The second-order valence-electron chi connectivity index (χ2n) is 11.0. The first kappa shape index (κ1) is 28.7. The molecule has 10 heteroatoms. The lowest BCUT2D eigenvalue weighted by atomic mass is 9.99. The van der Waals surface area contributed by atoms with E-state index >= 15 is 0 Å². The van der Waals surface area contributed by atoms with Crippen LogP contribution < -0.4 is 19.7 Å². The van der Waals surface area contributed by atoms with Crippen LogP contribution in [0, 0.1) is 13.8 Å². The predicted molar refractivity (Wildman–Crippen MR) is 174 cm³/mol. The number of benzene rings is 3. The maximum Gasteiger partial charge on any atom is 0.240 e. The van der Waals surface area contributed by atoms with Gasteiger partial charge in [-0.05, 0) is 60.9 Å². The number of hydrogen-bond donors (Lipinski definition) is 1. The number of nitrogens with zero attached hydrogens (tertiary/aromatic N) is 4. The van der Waals surface area contributed by atoms with Gasteiger partial charge in [-0.25, -0.2) is 4.68 Å². The summed E-state index contributed by atoms with van der Waals surface area (Å²) in [6.07, 6.45) is 1.69. The number of anilines is 1. The molecule has 0 radical (unpaired) electrons. The van der Waals surface area contributed by atoms with E-state index < -0.39 is 0 Å². The number of carbonyl (C=O) groups excluding carboxylic acids is 2. The molecule has 2 aliphatic rings. The van der Waals surface area contributed by atoms with Gasteiger partial charge in [-0.15, -0.1) is 11.8 Å². The van der Waals surface area contributed by atoms with Gasteiger partial charge in [0.1, 0.15) is 12.4 Å². The van der Waals surface area contributed by atoms with Crippen LogP contribution >= 0.6 is 11.8 Å². The standard InChI is InChI=1S/C35H31N5O4S/c1-22-9-8-13-27(23(22)2)40-35-32(33(38-40)24-10-4-3-5-11-24)34(25-14-15-28-29(17-25)44-21-43-28)45-20-31(42)39(35)19-30(41)37-18-26-12-6-7-16-36-26/h3-17,34H,18-21H2,1-2H3,(H,37,41). The number of ether oxygens (including phenoxy) is 2. The molecule has 0 fully saturated rings. The second kappa shape index (κ2) is 12.1. The molecular formula is C35H31N5O4S. The van der Waals surface area contributed by atoms with Crippen molar-refractivity contribution >= 4 is 29.4 Å². The van der Waals surface area contributed by atoms with E-state index in [0.29, 0.717) is 17.3 Å². The number of fused-ring (bicyclic) bond motifs is 2. The molecule has 0 saturated carbocycles. The van der Waals surface area contributed by atoms with E-state index in [-0.39, 0.29) is 42.7 Å². The topological polar surface area (TPSA) is 98.6 Å². The normalized spacial score (nSPS) is 15.5. The summed E-state index contributed by atoms with van der Waals surface area (Å²) in [7, 11) is 0. The molecule has 1 N–H and O–H groups in total. The maximum absolute atomic E-state index is 14.1. The van der Waals surface area contributed by atoms with Crippen LogP contribution in [-0.2, 0) is 16.1 Å². The first-order valence-corrected chi connectivity index (χ1v) is 15.8. The molecule has 2 aromatic heterocycles. The molecule has 45 heavy (non-hydrogen) atoms. The molecule has 0 spiro atoms. The van der Waals surface area contributed by atoms with Crippen molar-refractivity contribution in [3.63, 3.8) is 0 Å². The summed E-state index contributed by atoms with van der Waals surface area (Å²) in [5.41, 5.74) is 7.18. The Morgan fingerprint density at radius 3 is 2.62 bits per heavy atom. The monoisotopic (exact) mass is 617 g/mol. The van der Waals surface area contributed by atoms with E-state index in [2.05, 4.69) is 23.3 Å². The summed E-state index contributed by atoms with van der Waals surface area (Å²) < 4.78 is 13.2. The minimum atomic E-state index is -0.290. The van der Waals surface area contributed by atoms with E-state index in [9.17, 15) is 9.59 Å². The molecule has 226 valence electrons. The largest absolute Gasteiger partial charge is 0.454 e. The van der Waals surface area contributed by atoms with Crippen molar-refractivity contribution < 1.29 is 19.1 Å². The number of hydrogen-bond acceptors (Lipinski definition) is 7. The molecule has 2 aliphatic heterocycles. The second-order valence-corrected chi connectivity index (χ2v) is 12.1. The Kier molecular flexibility index (Phi) is 7.72. The Hall–Kier alpha value is -5.09. The number of aromatic nitrogens is 3. The van der Waals surface area contributed by atoms with Gasteiger partial charge in [0.15, 0.2) is 11.5 Å². The molecule has 2 amide bonds. The SMILES string of the molecule is Cc1cccc(-n2nc(-c3ccccc3)c3c2N(CC(=O)NCc2ccccn2)C(=O)CSC3c2ccc3c(c2)OCO3)c1C. The molecule has 1 atom stereocenters. The van der Waals surface area contributed by atoms with Crippen molar-refractivity contribution in [3.8, 4) is 28.4 Å². The van der Waals surface area contributed by atoms with Gasteiger partial charge in [-0.2, -0.15) is 5.10 Å². The van der Waals surface area contributed by atoms with Gasteiger partial charge in [-0.1, -0.05) is 54.6 Å². The van der Waals surface area contributed by atoms with Gasteiger partial charge in [0, 0.05) is 17.3 Å². The zero-order valence-electron chi connectivity index (χ0n) is 24.9. The Labute approximate surface area is 265 Å². The van der Waals surface area contributed by atoms with Gasteiger partial charge >= 0.3 is 0 Å². The molecule has 7 rings (SSSR count). The Balaban J connectivity index is 1.41. The highest BCUT2D eigenvalue weighted by atomic mass is 32.2. The molecule has 0 aliphatic carbocycles. The molecule has 4 heterocycles. The lowest BCUT2D eigenvalue weighted by Gasteiger charge is -2.24. The smallest absolute Gasteiger partial charge is 0.240 e. The van der Waals surface area contributed by atoms with Crippen LogP contribution in [0.15, 0.2) is 91.1 Å². The number of aryl methyl sites for hydroxylation is 1. The van der Waals surface area contributed by atoms with Gasteiger partial charge in [0.05, 0.1) is 34.6 Å². The lowest BCUT2D eigenvalue weighted by molar-refractivity contribution is -0.123. The van der Waals surface area contributed by atoms with Gasteiger partial charge in [0.2, 0.25) is 18.6 Å². The van der Waals surface area contributed by atoms with E-state index in [1.165, 1.54) is 11.8 Å². The first-order valence-electron chi connectivity index (χ1n) is 14.7. The third-order valence-corrected chi connectivity index (χ3v) is 9.39. The Morgan fingerprint density at radius 1 is 0.978 bits per heavy atom. The highest BCUT2D eigenvalue weighted by Crippen LogP contribution is 2.50. The number of thioether (sulfide) groups is 1. The van der Waals surface area contributed by atoms with Gasteiger partial charge in [-0.3, -0.25) is 19.5 Å². The summed E-state index contributed by atoms with van der Waals surface area (Å²) in [5.74, 6) is 1.63. The summed E-state index contributed by atoms with van der Waals surface area (Å²) in [6.45, 7) is 4.36. The van der Waals surface area contributed by atoms with Crippen LogP contribution in [0.3, 0.4) is 0 Å². The van der Waals surface area contributed by atoms with Gasteiger partial charge in [0.25, 0.3) is 0 Å². The zero-order valence-corrected chi connectivity index (χ0v) is 25.7. The van der Waals surface area contributed by atoms with Crippen LogP contribution in [0.5, 0.6) is 11.5 Å². The lowest BCUT2D eigenvalue weighted by Crippen LogP contribution is -2.42. The molecular weight excluding hydrogens is 586 g/mol. The summed E-state index contributed by atoms with van der Waals surface area (Å²) in [4.78, 5) is 33.4. The average Bonchev–Trinajstić information content (AvgIpc) is 3.67. The first-order chi connectivity index (χ1) is 22.0. The van der Waals surface area contributed by atoms with Crippen molar-refractivity contribution in [3.05, 3.63) is 119 Å². The minimum absolute atomic E-state index is 0.168. The summed E-state index contributed by atoms with van der Waals surface area (Å²) in [5, 5.41) is 7.88. The van der Waals surface area contributed by atoms with E-state index in [1.807, 2.05) is 90.5 Å². The fraction of sp³-hybridized carbons (Fsp3) is 0.200. The Bertz CT molecular complexity index is 1890. The summed E-state index contributed by atoms with van der Waals surface area (Å²) in [6, 6.07) is 27.5. The van der Waals surface area contributed by atoms with Crippen LogP contribution in [0.25, 0.3) is 16.9 Å². The fourth-order valence-electron chi connectivity index (χ4n) is 5.69. The predicted octanol–water partition coefficient (Wildman–Crippen LogP) is 5.77. The van der Waals surface area contributed by atoms with Gasteiger partial charge < -0.3 is 14.8 Å². The zero-order chi connectivity index (χ0) is 30.9. The minimum Gasteiger partial charge on any atom is -0.454 e. The number of rotatable bonds is 7. The quantitative estimate of drug-likeness (QED) is 0.248. The van der Waals surface area contributed by atoms with Crippen LogP contribution in [0.1, 0.15) is 33.2 Å². The van der Waals surface area contributed by atoms with Crippen molar-refractivity contribution in [2.24, 2.45) is 0 Å². The molecule has 3 aromatic carbocycles. The molecule has 9 nitrogen and oxygen atoms in total. The van der Waals surface area contributed by atoms with Crippen molar-refractivity contribution in [2.45, 2.75) is 25.6 Å². The average molecular weight is 618 g/mol. The molecule has 0 saturated heterocycles. The molecule has 0 bridgehead atoms. The molecule has 1 unspecified atom stereocenters. The fourth-order valence-corrected chi connectivity index (χ4v) is 6.88.